The van der Waals surface area contributed by atoms with Crippen molar-refractivity contribution in [1.82, 2.24) is 4.90 Å². The van der Waals surface area contributed by atoms with E-state index in [4.69, 9.17) is 4.74 Å². The van der Waals surface area contributed by atoms with Crippen LogP contribution in [0.5, 0.6) is 0 Å². The predicted molar refractivity (Wildman–Crippen MR) is 75.8 cm³/mol. The number of morpholine rings is 1. The van der Waals surface area contributed by atoms with Crippen LogP contribution in [-0.2, 0) is 14.8 Å². The molecule has 1 heterocycles. The summed E-state index contributed by atoms with van der Waals surface area (Å²) in [6.07, 6.45) is 0. The van der Waals surface area contributed by atoms with Crippen LogP contribution in [0.1, 0.15) is 5.56 Å². The van der Waals surface area contributed by atoms with E-state index in [2.05, 4.69) is 9.62 Å². The van der Waals surface area contributed by atoms with Crippen molar-refractivity contribution in [3.05, 3.63) is 29.8 Å². The maximum atomic E-state index is 12.0. The monoisotopic (exact) mass is 284 g/mol. The summed E-state index contributed by atoms with van der Waals surface area (Å²) < 4.78 is 31.8. The van der Waals surface area contributed by atoms with E-state index in [-0.39, 0.29) is 5.75 Å². The highest BCUT2D eigenvalue weighted by molar-refractivity contribution is 7.92. The van der Waals surface area contributed by atoms with Gasteiger partial charge in [-0.3, -0.25) is 9.62 Å². The lowest BCUT2D eigenvalue weighted by molar-refractivity contribution is 0.0408. The Hall–Kier alpha value is -1.11. The number of rotatable bonds is 5. The first-order chi connectivity index (χ1) is 9.05. The van der Waals surface area contributed by atoms with Gasteiger partial charge in [0, 0.05) is 25.3 Å². The van der Waals surface area contributed by atoms with Gasteiger partial charge in [-0.2, -0.15) is 0 Å². The highest BCUT2D eigenvalue weighted by atomic mass is 32.2. The van der Waals surface area contributed by atoms with Crippen LogP contribution in [0.3, 0.4) is 0 Å². The molecular weight excluding hydrogens is 264 g/mol. The van der Waals surface area contributed by atoms with E-state index >= 15 is 0 Å². The standard InChI is InChI=1S/C13H20N2O3S/c1-12-3-2-4-13(11-12)14-19(16,17)10-7-15-5-8-18-9-6-15/h2-4,11,14H,5-10H2,1H3. The van der Waals surface area contributed by atoms with Gasteiger partial charge in [0.2, 0.25) is 10.0 Å². The van der Waals surface area contributed by atoms with Gasteiger partial charge in [-0.05, 0) is 24.6 Å². The molecule has 0 aromatic heterocycles. The number of benzene rings is 1. The molecule has 0 aliphatic carbocycles. The van der Waals surface area contributed by atoms with Gasteiger partial charge in [0.25, 0.3) is 0 Å². The Balaban J connectivity index is 1.87. The highest BCUT2D eigenvalue weighted by Gasteiger charge is 2.15. The van der Waals surface area contributed by atoms with Crippen LogP contribution in [0.4, 0.5) is 5.69 Å². The number of sulfonamides is 1. The maximum Gasteiger partial charge on any atom is 0.233 e. The molecule has 0 radical (unpaired) electrons. The van der Waals surface area contributed by atoms with E-state index in [1.165, 1.54) is 0 Å². The molecule has 1 fully saturated rings. The third-order valence-corrected chi connectivity index (χ3v) is 4.34. The van der Waals surface area contributed by atoms with Crippen LogP contribution >= 0.6 is 0 Å². The molecule has 1 aromatic carbocycles. The second kappa shape index (κ2) is 6.36. The van der Waals surface area contributed by atoms with Gasteiger partial charge in [0.15, 0.2) is 0 Å². The molecule has 0 atom stereocenters. The number of nitrogens with one attached hydrogen (secondary N) is 1. The molecule has 1 aromatic rings. The summed E-state index contributed by atoms with van der Waals surface area (Å²) in [7, 11) is -3.28. The average molecular weight is 284 g/mol. The lowest BCUT2D eigenvalue weighted by Gasteiger charge is -2.26. The average Bonchev–Trinajstić information content (AvgIpc) is 2.37. The van der Waals surface area contributed by atoms with E-state index in [1.807, 2.05) is 25.1 Å². The van der Waals surface area contributed by atoms with Crippen molar-refractivity contribution in [1.29, 1.82) is 0 Å². The molecule has 1 aliphatic rings. The largest absolute Gasteiger partial charge is 0.379 e. The maximum absolute atomic E-state index is 12.0. The van der Waals surface area contributed by atoms with Crippen molar-refractivity contribution in [3.63, 3.8) is 0 Å². The topological polar surface area (TPSA) is 58.6 Å². The minimum absolute atomic E-state index is 0.112. The van der Waals surface area contributed by atoms with Crippen LogP contribution in [0.25, 0.3) is 0 Å². The van der Waals surface area contributed by atoms with E-state index < -0.39 is 10.0 Å². The van der Waals surface area contributed by atoms with Gasteiger partial charge in [-0.25, -0.2) is 8.42 Å². The molecule has 106 valence electrons. The van der Waals surface area contributed by atoms with Gasteiger partial charge in [-0.15, -0.1) is 0 Å². The zero-order valence-corrected chi connectivity index (χ0v) is 11.9. The van der Waals surface area contributed by atoms with Crippen molar-refractivity contribution in [2.24, 2.45) is 0 Å². The predicted octanol–water partition coefficient (Wildman–Crippen LogP) is 1.07. The third-order valence-electron chi connectivity index (χ3n) is 3.07. The summed E-state index contributed by atoms with van der Waals surface area (Å²) in [6, 6.07) is 7.37. The van der Waals surface area contributed by atoms with Crippen molar-refractivity contribution in [2.45, 2.75) is 6.92 Å². The summed E-state index contributed by atoms with van der Waals surface area (Å²) in [6.45, 7) is 5.46. The molecule has 19 heavy (non-hydrogen) atoms. The molecule has 1 aliphatic heterocycles. The van der Waals surface area contributed by atoms with Gasteiger partial charge in [0.1, 0.15) is 0 Å². The number of nitrogens with zero attached hydrogens (tertiary/aromatic N) is 1. The van der Waals surface area contributed by atoms with Crippen molar-refractivity contribution in [3.8, 4) is 0 Å². The number of ether oxygens (including phenoxy) is 1. The summed E-state index contributed by atoms with van der Waals surface area (Å²) in [5.74, 6) is 0.112. The SMILES string of the molecule is Cc1cccc(NS(=O)(=O)CCN2CCOCC2)c1. The Morgan fingerprint density at radius 1 is 1.32 bits per heavy atom. The van der Waals surface area contributed by atoms with Gasteiger partial charge in [0.05, 0.1) is 19.0 Å². The Kier molecular flexibility index (Phi) is 4.79. The number of anilines is 1. The van der Waals surface area contributed by atoms with E-state index in [1.54, 1.807) is 6.07 Å². The quantitative estimate of drug-likeness (QED) is 0.878. The van der Waals surface area contributed by atoms with Gasteiger partial charge >= 0.3 is 0 Å². The lowest BCUT2D eigenvalue weighted by Crippen LogP contribution is -2.39. The molecule has 1 N–H and O–H groups in total. The molecule has 0 amide bonds. The smallest absolute Gasteiger partial charge is 0.233 e. The van der Waals surface area contributed by atoms with Gasteiger partial charge < -0.3 is 4.74 Å². The molecular formula is C13H20N2O3S. The van der Waals surface area contributed by atoms with Crippen LogP contribution < -0.4 is 4.72 Å². The second-order valence-corrected chi connectivity index (χ2v) is 6.59. The Morgan fingerprint density at radius 3 is 2.74 bits per heavy atom. The van der Waals surface area contributed by atoms with Crippen LogP contribution in [0.15, 0.2) is 24.3 Å². The first-order valence-corrected chi connectivity index (χ1v) is 8.08. The molecule has 0 unspecified atom stereocenters. The highest BCUT2D eigenvalue weighted by Crippen LogP contribution is 2.11. The van der Waals surface area contributed by atoms with Crippen LogP contribution in [-0.4, -0.2) is 51.9 Å². The Bertz CT molecular complexity index is 510. The van der Waals surface area contributed by atoms with Crippen molar-refractivity contribution < 1.29 is 13.2 Å². The normalized spacial score (nSPS) is 17.3. The third kappa shape index (κ3) is 4.81. The van der Waals surface area contributed by atoms with Crippen molar-refractivity contribution in [2.75, 3.05) is 43.3 Å². The minimum Gasteiger partial charge on any atom is -0.379 e. The zero-order valence-electron chi connectivity index (χ0n) is 11.1. The Morgan fingerprint density at radius 2 is 2.05 bits per heavy atom. The van der Waals surface area contributed by atoms with Crippen molar-refractivity contribution >= 4 is 15.7 Å². The molecule has 5 nitrogen and oxygen atoms in total. The van der Waals surface area contributed by atoms with E-state index in [9.17, 15) is 8.42 Å². The fourth-order valence-electron chi connectivity index (χ4n) is 2.01. The van der Waals surface area contributed by atoms with E-state index in [0.717, 1.165) is 18.7 Å². The lowest BCUT2D eigenvalue weighted by atomic mass is 10.2. The van der Waals surface area contributed by atoms with E-state index in [0.29, 0.717) is 25.4 Å². The molecule has 0 saturated carbocycles. The zero-order chi connectivity index (χ0) is 13.7. The summed E-state index contributed by atoms with van der Waals surface area (Å²) in [5, 5.41) is 0. The van der Waals surface area contributed by atoms with Crippen LogP contribution in [0.2, 0.25) is 0 Å². The molecule has 0 spiro atoms. The summed E-state index contributed by atoms with van der Waals surface area (Å²) in [4.78, 5) is 2.11. The number of hydrogen-bond acceptors (Lipinski definition) is 4. The minimum atomic E-state index is -3.28. The first-order valence-electron chi connectivity index (χ1n) is 6.42. The molecule has 0 bridgehead atoms. The molecule has 1 saturated heterocycles. The number of aryl methyl sites for hydroxylation is 1. The fraction of sp³-hybridized carbons (Fsp3) is 0.538. The van der Waals surface area contributed by atoms with Crippen LogP contribution in [0, 0.1) is 6.92 Å². The summed E-state index contributed by atoms with van der Waals surface area (Å²) in [5.41, 5.74) is 1.66. The fourth-order valence-corrected chi connectivity index (χ4v) is 3.10. The summed E-state index contributed by atoms with van der Waals surface area (Å²) >= 11 is 0. The Labute approximate surface area is 114 Å². The molecule has 2 rings (SSSR count). The first kappa shape index (κ1) is 14.3. The second-order valence-electron chi connectivity index (χ2n) is 4.74. The number of hydrogen-bond donors (Lipinski definition) is 1. The molecule has 6 heteroatoms. The van der Waals surface area contributed by atoms with Gasteiger partial charge in [-0.1, -0.05) is 12.1 Å².